The van der Waals surface area contributed by atoms with Crippen molar-refractivity contribution in [2.24, 2.45) is 0 Å². The molecule has 2 N–H and O–H groups in total. The highest BCUT2D eigenvalue weighted by Gasteiger charge is 2.03. The summed E-state index contributed by atoms with van der Waals surface area (Å²) in [6.45, 7) is 3.76. The van der Waals surface area contributed by atoms with Gasteiger partial charge in [0.05, 0.1) is 12.4 Å². The van der Waals surface area contributed by atoms with Gasteiger partial charge in [0.15, 0.2) is 5.82 Å². The summed E-state index contributed by atoms with van der Waals surface area (Å²) in [6.07, 6.45) is 3.00. The van der Waals surface area contributed by atoms with Gasteiger partial charge in [-0.15, -0.1) is 0 Å². The van der Waals surface area contributed by atoms with Crippen LogP contribution in [0.25, 0.3) is 0 Å². The van der Waals surface area contributed by atoms with Crippen molar-refractivity contribution >= 4 is 27.8 Å². The van der Waals surface area contributed by atoms with Gasteiger partial charge < -0.3 is 5.32 Å². The lowest BCUT2D eigenvalue weighted by atomic mass is 10.4. The maximum absolute atomic E-state index is 11.2. The smallest absolute Gasteiger partial charge is 0.320 e. The molecular weight excluding hydrogens is 248 g/mol. The van der Waals surface area contributed by atoms with E-state index in [0.29, 0.717) is 10.4 Å². The molecule has 2 amide bonds. The van der Waals surface area contributed by atoms with Crippen LogP contribution in [0.15, 0.2) is 17.0 Å². The van der Waals surface area contributed by atoms with Crippen molar-refractivity contribution in [1.29, 1.82) is 0 Å². The molecule has 0 unspecified atom stereocenters. The molecule has 0 radical (unpaired) electrons. The predicted molar refractivity (Wildman–Crippen MR) is 57.0 cm³/mol. The Morgan fingerprint density at radius 1 is 1.43 bits per heavy atom. The van der Waals surface area contributed by atoms with Crippen LogP contribution in [0.1, 0.15) is 13.8 Å². The van der Waals surface area contributed by atoms with Gasteiger partial charge in [-0.05, 0) is 29.8 Å². The molecule has 0 atom stereocenters. The predicted octanol–water partition coefficient (Wildman–Crippen LogP) is 1.77. The van der Waals surface area contributed by atoms with Crippen LogP contribution < -0.4 is 10.6 Å². The van der Waals surface area contributed by atoms with Gasteiger partial charge in [0.1, 0.15) is 4.60 Å². The fourth-order valence-corrected chi connectivity index (χ4v) is 0.996. The van der Waals surface area contributed by atoms with E-state index in [1.165, 1.54) is 12.4 Å². The normalized spacial score (nSPS) is 10.0. The molecule has 0 bridgehead atoms. The summed E-state index contributed by atoms with van der Waals surface area (Å²) in [4.78, 5) is 19.1. The second kappa shape index (κ2) is 4.90. The molecule has 5 nitrogen and oxygen atoms in total. The minimum absolute atomic E-state index is 0.0957. The van der Waals surface area contributed by atoms with Gasteiger partial charge in [-0.2, -0.15) is 0 Å². The highest BCUT2D eigenvalue weighted by molar-refractivity contribution is 9.10. The summed E-state index contributed by atoms with van der Waals surface area (Å²) in [5.74, 6) is 0.423. The van der Waals surface area contributed by atoms with Crippen LogP contribution in [-0.2, 0) is 0 Å². The zero-order valence-electron chi connectivity index (χ0n) is 7.91. The number of carbonyl (C=O) groups is 1. The van der Waals surface area contributed by atoms with Crippen molar-refractivity contribution in [2.75, 3.05) is 5.32 Å². The molecule has 6 heteroatoms. The summed E-state index contributed by atoms with van der Waals surface area (Å²) in [5.41, 5.74) is 0. The topological polar surface area (TPSA) is 66.9 Å². The second-order valence-electron chi connectivity index (χ2n) is 2.98. The maximum Gasteiger partial charge on any atom is 0.320 e. The molecule has 0 aliphatic heterocycles. The Bertz CT molecular complexity index is 312. The molecule has 1 heterocycles. The first kappa shape index (κ1) is 10.9. The Hall–Kier alpha value is -1.17. The third-order valence-corrected chi connectivity index (χ3v) is 1.69. The lowest BCUT2D eigenvalue weighted by molar-refractivity contribution is 0.250. The van der Waals surface area contributed by atoms with Crippen LogP contribution >= 0.6 is 15.9 Å². The lowest BCUT2D eigenvalue weighted by Crippen LogP contribution is -2.34. The zero-order valence-corrected chi connectivity index (χ0v) is 9.50. The van der Waals surface area contributed by atoms with Crippen LogP contribution in [0.3, 0.4) is 0 Å². The van der Waals surface area contributed by atoms with Crippen molar-refractivity contribution in [3.63, 3.8) is 0 Å². The standard InChI is InChI=1S/C8H11BrN4O/c1-5(2)12-8(14)13-7-4-10-6(9)3-11-7/h3-5H,1-2H3,(H2,11,12,13,14). The molecule has 1 aromatic heterocycles. The molecule has 0 aliphatic carbocycles. The number of hydrogen-bond acceptors (Lipinski definition) is 3. The molecule has 1 aromatic rings. The number of amides is 2. The van der Waals surface area contributed by atoms with E-state index in [9.17, 15) is 4.79 Å². The first-order valence-electron chi connectivity index (χ1n) is 4.13. The highest BCUT2D eigenvalue weighted by Crippen LogP contribution is 2.05. The maximum atomic E-state index is 11.2. The first-order chi connectivity index (χ1) is 6.58. The summed E-state index contributed by atoms with van der Waals surface area (Å²) in [5, 5.41) is 5.23. The molecule has 0 spiro atoms. The lowest BCUT2D eigenvalue weighted by Gasteiger charge is -2.08. The number of carbonyl (C=O) groups excluding carboxylic acids is 1. The van der Waals surface area contributed by atoms with E-state index in [1.807, 2.05) is 13.8 Å². The van der Waals surface area contributed by atoms with E-state index in [2.05, 4.69) is 36.5 Å². The number of urea groups is 1. The van der Waals surface area contributed by atoms with Gasteiger partial charge in [0.25, 0.3) is 0 Å². The number of aromatic nitrogens is 2. The first-order valence-corrected chi connectivity index (χ1v) is 4.92. The molecule has 76 valence electrons. The number of anilines is 1. The molecule has 14 heavy (non-hydrogen) atoms. The van der Waals surface area contributed by atoms with E-state index >= 15 is 0 Å². The number of hydrogen-bond donors (Lipinski definition) is 2. The van der Waals surface area contributed by atoms with Gasteiger partial charge in [-0.3, -0.25) is 5.32 Å². The third kappa shape index (κ3) is 3.69. The van der Waals surface area contributed by atoms with Crippen LogP contribution in [0.4, 0.5) is 10.6 Å². The van der Waals surface area contributed by atoms with Crippen molar-refractivity contribution in [1.82, 2.24) is 15.3 Å². The number of nitrogens with one attached hydrogen (secondary N) is 2. The van der Waals surface area contributed by atoms with Gasteiger partial charge in [-0.25, -0.2) is 14.8 Å². The van der Waals surface area contributed by atoms with Gasteiger partial charge in [0, 0.05) is 6.04 Å². The summed E-state index contributed by atoms with van der Waals surface area (Å²) >= 11 is 3.15. The Balaban J connectivity index is 2.52. The van der Waals surface area contributed by atoms with Crippen molar-refractivity contribution in [2.45, 2.75) is 19.9 Å². The number of nitrogens with zero attached hydrogens (tertiary/aromatic N) is 2. The van der Waals surface area contributed by atoms with Crippen molar-refractivity contribution in [3.05, 3.63) is 17.0 Å². The molecule has 1 rings (SSSR count). The Labute approximate surface area is 90.5 Å². The largest absolute Gasteiger partial charge is 0.336 e. The Morgan fingerprint density at radius 3 is 2.64 bits per heavy atom. The monoisotopic (exact) mass is 258 g/mol. The van der Waals surface area contributed by atoms with E-state index in [-0.39, 0.29) is 12.1 Å². The van der Waals surface area contributed by atoms with Crippen LogP contribution in [0.2, 0.25) is 0 Å². The Morgan fingerprint density at radius 2 is 2.14 bits per heavy atom. The van der Waals surface area contributed by atoms with E-state index in [4.69, 9.17) is 0 Å². The molecule has 0 fully saturated rings. The summed E-state index contributed by atoms with van der Waals surface area (Å²) in [6, 6.07) is -0.185. The SMILES string of the molecule is CC(C)NC(=O)Nc1cnc(Br)cn1. The fourth-order valence-electron chi connectivity index (χ4n) is 0.791. The third-order valence-electron chi connectivity index (χ3n) is 1.28. The number of halogens is 1. The Kier molecular flexibility index (Phi) is 3.82. The summed E-state index contributed by atoms with van der Waals surface area (Å²) < 4.78 is 0.632. The van der Waals surface area contributed by atoms with Crippen molar-refractivity contribution < 1.29 is 4.79 Å². The van der Waals surface area contributed by atoms with Crippen LogP contribution in [0, 0.1) is 0 Å². The average molecular weight is 259 g/mol. The van der Waals surface area contributed by atoms with Gasteiger partial charge in [0.2, 0.25) is 0 Å². The zero-order chi connectivity index (χ0) is 10.6. The quantitative estimate of drug-likeness (QED) is 0.850. The van der Waals surface area contributed by atoms with E-state index in [1.54, 1.807) is 0 Å². The van der Waals surface area contributed by atoms with Crippen molar-refractivity contribution in [3.8, 4) is 0 Å². The summed E-state index contributed by atoms with van der Waals surface area (Å²) in [7, 11) is 0. The van der Waals surface area contributed by atoms with Gasteiger partial charge in [-0.1, -0.05) is 0 Å². The van der Waals surface area contributed by atoms with Gasteiger partial charge >= 0.3 is 6.03 Å². The van der Waals surface area contributed by atoms with Crippen LogP contribution in [0.5, 0.6) is 0 Å². The fraction of sp³-hybridized carbons (Fsp3) is 0.375. The molecule has 0 aromatic carbocycles. The number of rotatable bonds is 2. The highest BCUT2D eigenvalue weighted by atomic mass is 79.9. The minimum atomic E-state index is -0.281. The molecule has 0 saturated carbocycles. The molecule has 0 aliphatic rings. The van der Waals surface area contributed by atoms with E-state index < -0.39 is 0 Å². The average Bonchev–Trinajstić information content (AvgIpc) is 2.07. The molecular formula is C8H11BrN4O. The molecule has 0 saturated heterocycles. The minimum Gasteiger partial charge on any atom is -0.336 e. The second-order valence-corrected chi connectivity index (χ2v) is 3.79. The van der Waals surface area contributed by atoms with Crippen LogP contribution in [-0.4, -0.2) is 22.0 Å². The van der Waals surface area contributed by atoms with E-state index in [0.717, 1.165) is 0 Å².